The molecule has 26 aromatic rings. The van der Waals surface area contributed by atoms with Crippen molar-refractivity contribution in [3.8, 4) is 136 Å². The molecule has 0 radical (unpaired) electrons. The van der Waals surface area contributed by atoms with Gasteiger partial charge in [-0.2, -0.15) is 0 Å². The second kappa shape index (κ2) is 34.5. The maximum Gasteiger partial charge on any atom is 0.164 e. The first-order valence-corrected chi connectivity index (χ1v) is 45.2. The SMILES string of the molecule is c1ccc2c(-c3ccc(-c4nc(-c5cccc6ccccc56)nc(-c5cccc6ccccc56)n4)cc3)cccc2c1.c1ccc2cc(-c3ccc(-c4nc(-c5ccc6ccccc6c5)nc(-c5ccc6ccccc6c5)n4)cc3)ccc2c1.c1ccc2ncc(-c3ccc(-c4nc(-c5cc6ccccc6c6ccccc56)cc(-c5cc6ccccc6c6ccccc56)n4)cc3)cc2c1. The highest BCUT2D eigenvalue weighted by molar-refractivity contribution is 6.16. The molecule has 0 spiro atoms. The summed E-state index contributed by atoms with van der Waals surface area (Å²) in [6, 6.07) is 166. The summed E-state index contributed by atoms with van der Waals surface area (Å²) in [5, 5.41) is 24.9. The third-order valence-electron chi connectivity index (χ3n) is 25.7. The maximum atomic E-state index is 5.32. The quantitative estimate of drug-likeness (QED) is 0.110. The van der Waals surface area contributed by atoms with Crippen LogP contribution < -0.4 is 0 Å². The van der Waals surface area contributed by atoms with Gasteiger partial charge in [0.25, 0.3) is 0 Å². The first-order valence-electron chi connectivity index (χ1n) is 45.2. The van der Waals surface area contributed by atoms with Crippen molar-refractivity contribution >= 4 is 119 Å². The number of hydrogen-bond donors (Lipinski definition) is 0. The van der Waals surface area contributed by atoms with Crippen LogP contribution >= 0.6 is 0 Å². The third-order valence-corrected chi connectivity index (χ3v) is 25.7. The minimum Gasteiger partial charge on any atom is -0.256 e. The summed E-state index contributed by atoms with van der Waals surface area (Å²) in [5.41, 5.74) is 18.6. The van der Waals surface area contributed by atoms with Crippen LogP contribution in [0.3, 0.4) is 0 Å². The van der Waals surface area contributed by atoms with E-state index in [4.69, 9.17) is 44.9 Å². The molecule has 26 rings (SSSR count). The van der Waals surface area contributed by atoms with Gasteiger partial charge in [0.15, 0.2) is 40.8 Å². The Bertz CT molecular complexity index is 8740. The van der Waals surface area contributed by atoms with Crippen molar-refractivity contribution in [3.63, 3.8) is 0 Å². The summed E-state index contributed by atoms with van der Waals surface area (Å²) < 4.78 is 0. The highest BCUT2D eigenvalue weighted by atomic mass is 15.0. The summed E-state index contributed by atoms with van der Waals surface area (Å²) in [7, 11) is 0. The Kier molecular flexibility index (Phi) is 20.4. The number of para-hydroxylation sites is 1. The van der Waals surface area contributed by atoms with E-state index in [1.165, 1.54) is 86.5 Å². The Balaban J connectivity index is 0.000000111. The molecule has 134 heavy (non-hydrogen) atoms. The van der Waals surface area contributed by atoms with E-state index in [9.17, 15) is 0 Å². The van der Waals surface area contributed by atoms with Gasteiger partial charge in [-0.25, -0.2) is 39.9 Å². The number of benzene rings is 22. The standard InChI is InChI=1S/C47H29N3.2C39H25N3/c1-4-14-36-32(11-1)26-42(40-18-8-6-16-38(36)40)45-28-46(43-27-33-12-2-5-15-37(33)39-17-7-9-19-41(39)43)50-47(49-45)31-23-21-30(22-24-31)35-25-34-13-3-10-20-44(34)48-29-35;1-4-16-31-26(10-1)13-7-19-32(31)29-22-24-30(25-23-29)37-40-38(35-20-8-14-27-11-2-5-17-33(27)35)42-39(41-37)36-21-9-15-28-12-3-6-18-34(28)36;1-4-10-31-23-34(20-15-26(31)7-1)29-13-18-30(19-14-29)37-40-38(35-21-16-27-8-2-5-11-32(27)24-35)42-39(41-37)36-22-17-28-9-3-6-12-33(28)25-36/h1-29H;2*1-25H. The van der Waals surface area contributed by atoms with E-state index in [1.807, 2.05) is 18.3 Å². The first-order chi connectivity index (χ1) is 66.3. The van der Waals surface area contributed by atoms with Crippen molar-refractivity contribution < 1.29 is 0 Å². The lowest BCUT2D eigenvalue weighted by Gasteiger charge is -2.15. The first kappa shape index (κ1) is 79.4. The van der Waals surface area contributed by atoms with Gasteiger partial charge in [-0.15, -0.1) is 0 Å². The minimum atomic E-state index is 0.653. The van der Waals surface area contributed by atoms with Crippen LogP contribution in [-0.2, 0) is 0 Å². The Morgan fingerprint density at radius 1 is 0.119 bits per heavy atom. The largest absolute Gasteiger partial charge is 0.256 e. The van der Waals surface area contributed by atoms with Crippen LogP contribution in [0.4, 0.5) is 0 Å². The van der Waals surface area contributed by atoms with Gasteiger partial charge >= 0.3 is 0 Å². The fourth-order valence-electron chi connectivity index (χ4n) is 18.9. The van der Waals surface area contributed by atoms with E-state index in [0.717, 1.165) is 127 Å². The van der Waals surface area contributed by atoms with Gasteiger partial charge in [-0.05, 0) is 184 Å². The smallest absolute Gasteiger partial charge is 0.164 e. The number of hydrogen-bond acceptors (Lipinski definition) is 9. The van der Waals surface area contributed by atoms with Crippen LogP contribution in [0, 0.1) is 0 Å². The van der Waals surface area contributed by atoms with E-state index >= 15 is 0 Å². The lowest BCUT2D eigenvalue weighted by Crippen LogP contribution is -2.01. The summed E-state index contributed by atoms with van der Waals surface area (Å²) in [6.07, 6.45) is 1.95. The van der Waals surface area contributed by atoms with Crippen LogP contribution in [-0.4, -0.2) is 44.9 Å². The molecule has 9 heteroatoms. The molecule has 0 atom stereocenters. The molecular formula is C125H79N9. The Morgan fingerprint density at radius 2 is 0.396 bits per heavy atom. The highest BCUT2D eigenvalue weighted by Crippen LogP contribution is 2.43. The van der Waals surface area contributed by atoms with Crippen LogP contribution in [0.25, 0.3) is 254 Å². The monoisotopic (exact) mass is 1710 g/mol. The minimum absolute atomic E-state index is 0.653. The zero-order chi connectivity index (χ0) is 88.8. The molecule has 9 nitrogen and oxygen atoms in total. The van der Waals surface area contributed by atoms with Crippen molar-refractivity contribution in [2.75, 3.05) is 0 Å². The van der Waals surface area contributed by atoms with E-state index < -0.39 is 0 Å². The van der Waals surface area contributed by atoms with Crippen LogP contribution in [0.15, 0.2) is 479 Å². The van der Waals surface area contributed by atoms with Crippen molar-refractivity contribution in [2.45, 2.75) is 0 Å². The predicted octanol–water partition coefficient (Wildman–Crippen LogP) is 32.3. The molecule has 624 valence electrons. The van der Waals surface area contributed by atoms with Crippen molar-refractivity contribution in [1.82, 2.24) is 44.9 Å². The van der Waals surface area contributed by atoms with Gasteiger partial charge < -0.3 is 0 Å². The number of rotatable bonds is 12. The van der Waals surface area contributed by atoms with E-state index in [-0.39, 0.29) is 0 Å². The number of pyridine rings is 1. The number of nitrogens with zero attached hydrogens (tertiary/aromatic N) is 9. The topological polar surface area (TPSA) is 116 Å². The fraction of sp³-hybridized carbons (Fsp3) is 0. The molecule has 0 aliphatic heterocycles. The summed E-state index contributed by atoms with van der Waals surface area (Å²) in [5.74, 6) is 4.65. The fourth-order valence-corrected chi connectivity index (χ4v) is 18.9. The average molecular weight is 1710 g/mol. The molecule has 0 saturated carbocycles. The third kappa shape index (κ3) is 15.4. The van der Waals surface area contributed by atoms with Gasteiger partial charge in [0, 0.05) is 67.2 Å². The molecule has 0 N–H and O–H groups in total. The van der Waals surface area contributed by atoms with Crippen LogP contribution in [0.5, 0.6) is 0 Å². The highest BCUT2D eigenvalue weighted by Gasteiger charge is 2.22. The van der Waals surface area contributed by atoms with E-state index in [2.05, 4.69) is 461 Å². The summed E-state index contributed by atoms with van der Waals surface area (Å²) in [6.45, 7) is 0. The molecule has 0 amide bonds. The number of fused-ring (bicyclic) bond motifs is 13. The molecule has 0 unspecified atom stereocenters. The lowest BCUT2D eigenvalue weighted by atomic mass is 9.93. The van der Waals surface area contributed by atoms with Gasteiger partial charge in [0.1, 0.15) is 0 Å². The average Bonchev–Trinajstić information content (AvgIpc) is 0.745. The molecule has 0 aliphatic carbocycles. The lowest BCUT2D eigenvalue weighted by molar-refractivity contribution is 1.08. The summed E-state index contributed by atoms with van der Waals surface area (Å²) >= 11 is 0. The molecule has 4 heterocycles. The van der Waals surface area contributed by atoms with Gasteiger partial charge in [0.05, 0.1) is 16.9 Å². The zero-order valence-corrected chi connectivity index (χ0v) is 72.6. The van der Waals surface area contributed by atoms with Crippen molar-refractivity contribution in [3.05, 3.63) is 479 Å². The molecular weight excluding hydrogens is 1630 g/mol. The van der Waals surface area contributed by atoms with Gasteiger partial charge in [-0.1, -0.05) is 425 Å². The van der Waals surface area contributed by atoms with E-state index in [0.29, 0.717) is 40.8 Å². The molecule has 22 aromatic carbocycles. The zero-order valence-electron chi connectivity index (χ0n) is 72.6. The Labute approximate surface area is 773 Å². The second-order valence-electron chi connectivity index (χ2n) is 33.9. The normalized spacial score (nSPS) is 11.4. The van der Waals surface area contributed by atoms with Crippen molar-refractivity contribution in [2.24, 2.45) is 0 Å². The molecule has 0 bridgehead atoms. The Morgan fingerprint density at radius 3 is 0.843 bits per heavy atom. The maximum absolute atomic E-state index is 5.32. The Hall–Kier alpha value is -18.1. The van der Waals surface area contributed by atoms with Crippen LogP contribution in [0.1, 0.15) is 0 Å². The molecule has 0 fully saturated rings. The predicted molar refractivity (Wildman–Crippen MR) is 557 cm³/mol. The second-order valence-corrected chi connectivity index (χ2v) is 33.9. The van der Waals surface area contributed by atoms with Gasteiger partial charge in [0.2, 0.25) is 0 Å². The molecule has 4 aromatic heterocycles. The summed E-state index contributed by atoms with van der Waals surface area (Å²) in [4.78, 5) is 45.5. The van der Waals surface area contributed by atoms with E-state index in [1.54, 1.807) is 0 Å². The van der Waals surface area contributed by atoms with Gasteiger partial charge in [-0.3, -0.25) is 4.98 Å². The molecule has 0 saturated heterocycles. The molecule has 0 aliphatic rings. The van der Waals surface area contributed by atoms with Crippen molar-refractivity contribution in [1.29, 1.82) is 0 Å². The number of aromatic nitrogens is 9. The van der Waals surface area contributed by atoms with Crippen LogP contribution in [0.2, 0.25) is 0 Å².